The third kappa shape index (κ3) is 3.85. The van der Waals surface area contributed by atoms with Crippen molar-refractivity contribution in [3.8, 4) is 0 Å². The number of rotatable bonds is 3. The summed E-state index contributed by atoms with van der Waals surface area (Å²) >= 11 is 0. The average molecular weight is 231 g/mol. The largest absolute Gasteiger partial charge is 0.390 e. The number of halogens is 3. The molecule has 0 bridgehead atoms. The van der Waals surface area contributed by atoms with E-state index in [4.69, 9.17) is 5.73 Å². The maximum Gasteiger partial charge on any atom is 0.390 e. The van der Waals surface area contributed by atoms with Gasteiger partial charge in [0.05, 0.1) is 6.42 Å². The van der Waals surface area contributed by atoms with E-state index in [0.717, 1.165) is 5.56 Å². The Hall–Kier alpha value is -1.03. The normalized spacial score (nSPS) is 14.2. The topological polar surface area (TPSA) is 26.0 Å². The summed E-state index contributed by atoms with van der Waals surface area (Å²) in [6.07, 6.45) is -5.19. The van der Waals surface area contributed by atoms with Gasteiger partial charge in [-0.1, -0.05) is 38.1 Å². The Morgan fingerprint density at radius 1 is 1.06 bits per heavy atom. The van der Waals surface area contributed by atoms with Crippen LogP contribution in [0, 0.1) is 0 Å². The van der Waals surface area contributed by atoms with E-state index in [-0.39, 0.29) is 0 Å². The van der Waals surface area contributed by atoms with E-state index in [0.29, 0.717) is 11.5 Å². The first kappa shape index (κ1) is 13.0. The minimum atomic E-state index is -4.21. The second-order valence-electron chi connectivity index (χ2n) is 4.25. The summed E-state index contributed by atoms with van der Waals surface area (Å²) in [6, 6.07) is 6.03. The summed E-state index contributed by atoms with van der Waals surface area (Å²) in [6.45, 7) is 4.06. The Labute approximate surface area is 93.5 Å². The van der Waals surface area contributed by atoms with Gasteiger partial charge in [-0.3, -0.25) is 0 Å². The zero-order valence-corrected chi connectivity index (χ0v) is 9.38. The summed E-state index contributed by atoms with van der Waals surface area (Å²) in [5, 5.41) is 0. The molecular weight excluding hydrogens is 215 g/mol. The van der Waals surface area contributed by atoms with Gasteiger partial charge < -0.3 is 5.73 Å². The molecule has 0 aliphatic heterocycles. The fourth-order valence-corrected chi connectivity index (χ4v) is 1.50. The summed E-state index contributed by atoms with van der Waals surface area (Å²) in [5.74, 6) is 0.368. The molecule has 0 spiro atoms. The Balaban J connectivity index is 2.74. The molecule has 0 saturated carbocycles. The van der Waals surface area contributed by atoms with Crippen molar-refractivity contribution in [3.63, 3.8) is 0 Å². The fourth-order valence-electron chi connectivity index (χ4n) is 1.50. The van der Waals surface area contributed by atoms with Crippen LogP contribution < -0.4 is 5.73 Å². The van der Waals surface area contributed by atoms with Crippen LogP contribution in [0.3, 0.4) is 0 Å². The number of alkyl halides is 3. The van der Waals surface area contributed by atoms with Crippen LogP contribution in [0.1, 0.15) is 43.4 Å². The molecule has 1 nitrogen and oxygen atoms in total. The van der Waals surface area contributed by atoms with Gasteiger partial charge in [0.15, 0.2) is 0 Å². The van der Waals surface area contributed by atoms with E-state index < -0.39 is 18.6 Å². The summed E-state index contributed by atoms with van der Waals surface area (Å²) < 4.78 is 36.4. The first-order valence-corrected chi connectivity index (χ1v) is 5.22. The van der Waals surface area contributed by atoms with Crippen molar-refractivity contribution in [2.24, 2.45) is 5.73 Å². The monoisotopic (exact) mass is 231 g/mol. The smallest absolute Gasteiger partial charge is 0.324 e. The first-order valence-electron chi connectivity index (χ1n) is 5.22. The summed E-state index contributed by atoms with van der Waals surface area (Å²) in [5.41, 5.74) is 7.12. The molecule has 0 aliphatic carbocycles. The second-order valence-corrected chi connectivity index (χ2v) is 4.25. The molecule has 0 saturated heterocycles. The van der Waals surface area contributed by atoms with Gasteiger partial charge in [0, 0.05) is 6.04 Å². The van der Waals surface area contributed by atoms with Gasteiger partial charge in [-0.2, -0.15) is 13.2 Å². The van der Waals surface area contributed by atoms with E-state index in [1.165, 1.54) is 0 Å². The van der Waals surface area contributed by atoms with E-state index >= 15 is 0 Å². The molecule has 1 atom stereocenters. The molecule has 0 unspecified atom stereocenters. The predicted octanol–water partition coefficient (Wildman–Crippen LogP) is 3.76. The first-order chi connectivity index (χ1) is 7.29. The van der Waals surface area contributed by atoms with Crippen LogP contribution in [0.5, 0.6) is 0 Å². The minimum absolute atomic E-state index is 0.368. The van der Waals surface area contributed by atoms with E-state index in [1.807, 2.05) is 26.0 Å². The molecule has 4 heteroatoms. The molecule has 2 N–H and O–H groups in total. The standard InChI is InChI=1S/C12H16F3N/c1-8(2)9-3-5-10(6-4-9)11(16)7-12(13,14)15/h3-6,8,11H,7,16H2,1-2H3/t11-/m0/s1. The highest BCUT2D eigenvalue weighted by atomic mass is 19.4. The van der Waals surface area contributed by atoms with Crippen LogP contribution in [0.2, 0.25) is 0 Å². The molecular formula is C12H16F3N. The zero-order chi connectivity index (χ0) is 12.3. The fraction of sp³-hybridized carbons (Fsp3) is 0.500. The van der Waals surface area contributed by atoms with Gasteiger partial charge in [-0.25, -0.2) is 0 Å². The highest BCUT2D eigenvalue weighted by Crippen LogP contribution is 2.28. The second kappa shape index (κ2) is 4.87. The third-order valence-corrected chi connectivity index (χ3v) is 2.48. The highest BCUT2D eigenvalue weighted by molar-refractivity contribution is 5.26. The third-order valence-electron chi connectivity index (χ3n) is 2.48. The SMILES string of the molecule is CC(C)c1ccc([C@@H](N)CC(F)(F)F)cc1. The van der Waals surface area contributed by atoms with Gasteiger partial charge in [-0.05, 0) is 17.0 Å². The van der Waals surface area contributed by atoms with Crippen molar-refractivity contribution >= 4 is 0 Å². The summed E-state index contributed by atoms with van der Waals surface area (Å²) in [7, 11) is 0. The molecule has 16 heavy (non-hydrogen) atoms. The number of hydrogen-bond donors (Lipinski definition) is 1. The Bertz CT molecular complexity index is 327. The summed E-state index contributed by atoms with van der Waals surface area (Å²) in [4.78, 5) is 0. The van der Waals surface area contributed by atoms with Crippen molar-refractivity contribution in [2.45, 2.75) is 38.4 Å². The van der Waals surface area contributed by atoms with Crippen LogP contribution in [0.25, 0.3) is 0 Å². The molecule has 0 aromatic heterocycles. The molecule has 0 heterocycles. The molecule has 0 amide bonds. The maximum atomic E-state index is 12.1. The lowest BCUT2D eigenvalue weighted by Gasteiger charge is -2.15. The Morgan fingerprint density at radius 3 is 1.88 bits per heavy atom. The Morgan fingerprint density at radius 2 is 1.50 bits per heavy atom. The van der Waals surface area contributed by atoms with Crippen molar-refractivity contribution in [2.75, 3.05) is 0 Å². The van der Waals surface area contributed by atoms with Gasteiger partial charge in [0.1, 0.15) is 0 Å². The van der Waals surface area contributed by atoms with Gasteiger partial charge >= 0.3 is 6.18 Å². The van der Waals surface area contributed by atoms with E-state index in [1.54, 1.807) is 12.1 Å². The molecule has 1 rings (SSSR count). The van der Waals surface area contributed by atoms with Crippen LogP contribution in [-0.2, 0) is 0 Å². The van der Waals surface area contributed by atoms with Crippen LogP contribution >= 0.6 is 0 Å². The lowest BCUT2D eigenvalue weighted by atomic mass is 9.98. The van der Waals surface area contributed by atoms with Gasteiger partial charge in [0.2, 0.25) is 0 Å². The number of nitrogens with two attached hydrogens (primary N) is 1. The van der Waals surface area contributed by atoms with Gasteiger partial charge in [-0.15, -0.1) is 0 Å². The van der Waals surface area contributed by atoms with Crippen molar-refractivity contribution in [3.05, 3.63) is 35.4 Å². The Kier molecular flexibility index (Phi) is 3.97. The van der Waals surface area contributed by atoms with Crippen molar-refractivity contribution < 1.29 is 13.2 Å². The molecule has 1 aromatic rings. The van der Waals surface area contributed by atoms with Crippen LogP contribution in [0.15, 0.2) is 24.3 Å². The molecule has 0 aliphatic rings. The van der Waals surface area contributed by atoms with Crippen molar-refractivity contribution in [1.29, 1.82) is 0 Å². The quantitative estimate of drug-likeness (QED) is 0.842. The van der Waals surface area contributed by atoms with Gasteiger partial charge in [0.25, 0.3) is 0 Å². The highest BCUT2D eigenvalue weighted by Gasteiger charge is 2.30. The van der Waals surface area contributed by atoms with E-state index in [9.17, 15) is 13.2 Å². The molecule has 1 aromatic carbocycles. The zero-order valence-electron chi connectivity index (χ0n) is 9.38. The lowest BCUT2D eigenvalue weighted by molar-refractivity contribution is -0.138. The number of benzene rings is 1. The number of hydrogen-bond acceptors (Lipinski definition) is 1. The molecule has 0 fully saturated rings. The van der Waals surface area contributed by atoms with Crippen LogP contribution in [-0.4, -0.2) is 6.18 Å². The molecule has 90 valence electrons. The van der Waals surface area contributed by atoms with Crippen LogP contribution in [0.4, 0.5) is 13.2 Å². The lowest BCUT2D eigenvalue weighted by Crippen LogP contribution is -2.20. The van der Waals surface area contributed by atoms with E-state index in [2.05, 4.69) is 0 Å². The predicted molar refractivity (Wildman–Crippen MR) is 58.1 cm³/mol. The maximum absolute atomic E-state index is 12.1. The molecule has 0 radical (unpaired) electrons. The minimum Gasteiger partial charge on any atom is -0.324 e. The van der Waals surface area contributed by atoms with Crippen molar-refractivity contribution in [1.82, 2.24) is 0 Å². The average Bonchev–Trinajstić information content (AvgIpc) is 2.15.